The van der Waals surface area contributed by atoms with Gasteiger partial charge >= 0.3 is 0 Å². The molecule has 0 aromatic carbocycles. The van der Waals surface area contributed by atoms with E-state index in [9.17, 15) is 0 Å². The molecule has 0 radical (unpaired) electrons. The number of aliphatic imine (C=N–C) groups is 1. The van der Waals surface area contributed by atoms with Crippen molar-refractivity contribution in [3.8, 4) is 0 Å². The molecule has 0 aromatic rings. The van der Waals surface area contributed by atoms with Crippen LogP contribution >= 0.6 is 0 Å². The van der Waals surface area contributed by atoms with Crippen molar-refractivity contribution in [1.82, 2.24) is 10.7 Å². The molecule has 0 aliphatic carbocycles. The van der Waals surface area contributed by atoms with Crippen molar-refractivity contribution < 1.29 is 0 Å². The summed E-state index contributed by atoms with van der Waals surface area (Å²) in [5, 5.41) is 3.06. The van der Waals surface area contributed by atoms with Crippen LogP contribution < -0.4 is 16.6 Å². The molecule has 0 saturated heterocycles. The van der Waals surface area contributed by atoms with Gasteiger partial charge < -0.3 is 5.32 Å². The second-order valence-corrected chi connectivity index (χ2v) is 1.64. The molecule has 0 unspecified atom stereocenters. The number of hydrogen-bond donors (Lipinski definition) is 3. The van der Waals surface area contributed by atoms with Crippen LogP contribution in [0.2, 0.25) is 0 Å². The number of hydrazine groups is 1. The lowest BCUT2D eigenvalue weighted by atomic mass is 10.6. The van der Waals surface area contributed by atoms with E-state index in [-0.39, 0.29) is 0 Å². The molecule has 8 heavy (non-hydrogen) atoms. The molecule has 4 heteroatoms. The summed E-state index contributed by atoms with van der Waals surface area (Å²) in [6.45, 7) is 2.49. The Morgan fingerprint density at radius 2 is 2.75 bits per heavy atom. The first-order chi connectivity index (χ1) is 3.93. The zero-order valence-corrected chi connectivity index (χ0v) is 4.65. The van der Waals surface area contributed by atoms with E-state index in [0.29, 0.717) is 6.54 Å². The summed E-state index contributed by atoms with van der Waals surface area (Å²) in [5.74, 6) is 6.00. The van der Waals surface area contributed by atoms with Crippen LogP contribution in [0.15, 0.2) is 4.99 Å². The Hall–Kier alpha value is -0.610. The highest BCUT2D eigenvalue weighted by Crippen LogP contribution is 1.80. The molecule has 1 aliphatic rings. The fourth-order valence-electron chi connectivity index (χ4n) is 0.662. The second kappa shape index (κ2) is 2.64. The van der Waals surface area contributed by atoms with Crippen LogP contribution in [-0.4, -0.2) is 25.5 Å². The predicted octanol–water partition coefficient (Wildman–Crippen LogP) is -1.55. The Bertz CT molecular complexity index is 98.2. The molecule has 1 rings (SSSR count). The highest BCUT2D eigenvalue weighted by molar-refractivity contribution is 5.85. The number of rotatable bonds is 2. The van der Waals surface area contributed by atoms with Gasteiger partial charge in [-0.2, -0.15) is 0 Å². The molecule has 0 spiro atoms. The van der Waals surface area contributed by atoms with Crippen LogP contribution in [0.1, 0.15) is 0 Å². The Kier molecular flexibility index (Phi) is 1.82. The van der Waals surface area contributed by atoms with Gasteiger partial charge in [0, 0.05) is 6.54 Å². The Morgan fingerprint density at radius 1 is 1.88 bits per heavy atom. The molecule has 0 aromatic heterocycles. The zero-order chi connectivity index (χ0) is 5.82. The summed E-state index contributed by atoms with van der Waals surface area (Å²) >= 11 is 0. The fourth-order valence-corrected chi connectivity index (χ4v) is 0.662. The van der Waals surface area contributed by atoms with Crippen molar-refractivity contribution in [1.29, 1.82) is 0 Å². The number of nitrogens with two attached hydrogens (primary N) is 1. The fraction of sp³-hybridized carbons (Fsp3) is 0.750. The van der Waals surface area contributed by atoms with Crippen LogP contribution in [0.3, 0.4) is 0 Å². The number of nitrogens with one attached hydrogen (secondary N) is 2. The van der Waals surface area contributed by atoms with Crippen molar-refractivity contribution >= 4 is 5.84 Å². The molecule has 1 aliphatic heterocycles. The van der Waals surface area contributed by atoms with E-state index in [1.165, 1.54) is 0 Å². The second-order valence-electron chi connectivity index (χ2n) is 1.64. The highest BCUT2D eigenvalue weighted by atomic mass is 15.2. The minimum absolute atomic E-state index is 0.653. The molecule has 1 heterocycles. The quantitative estimate of drug-likeness (QED) is 0.301. The van der Waals surface area contributed by atoms with Gasteiger partial charge in [0.05, 0.1) is 13.1 Å². The van der Waals surface area contributed by atoms with E-state index in [1.54, 1.807) is 0 Å². The first-order valence-corrected chi connectivity index (χ1v) is 2.64. The molecule has 0 amide bonds. The van der Waals surface area contributed by atoms with Gasteiger partial charge in [0.25, 0.3) is 0 Å². The molecular weight excluding hydrogens is 104 g/mol. The maximum absolute atomic E-state index is 5.04. The van der Waals surface area contributed by atoms with E-state index in [0.717, 1.165) is 18.9 Å². The van der Waals surface area contributed by atoms with E-state index in [4.69, 9.17) is 5.84 Å². The van der Waals surface area contributed by atoms with Gasteiger partial charge in [0.15, 0.2) is 0 Å². The van der Waals surface area contributed by atoms with Crippen LogP contribution in [0.25, 0.3) is 0 Å². The number of hydrogen-bond acceptors (Lipinski definition) is 4. The number of nitrogens with zero attached hydrogens (tertiary/aromatic N) is 1. The van der Waals surface area contributed by atoms with Gasteiger partial charge in [-0.3, -0.25) is 16.3 Å². The minimum atomic E-state index is 0.653. The maximum atomic E-state index is 5.04. The summed E-state index contributed by atoms with van der Waals surface area (Å²) in [7, 11) is 0. The Labute approximate surface area is 48.1 Å². The molecule has 0 saturated carbocycles. The third-order valence-electron chi connectivity index (χ3n) is 1.01. The lowest BCUT2D eigenvalue weighted by Gasteiger charge is -1.97. The van der Waals surface area contributed by atoms with Crippen molar-refractivity contribution in [3.63, 3.8) is 0 Å². The predicted molar refractivity (Wildman–Crippen MR) is 32.5 cm³/mol. The first-order valence-electron chi connectivity index (χ1n) is 2.64. The largest absolute Gasteiger partial charge is 0.371 e. The number of amidine groups is 1. The van der Waals surface area contributed by atoms with E-state index in [1.807, 2.05) is 0 Å². The van der Waals surface area contributed by atoms with Gasteiger partial charge in [-0.1, -0.05) is 0 Å². The normalized spacial score (nSPS) is 17.9. The van der Waals surface area contributed by atoms with Gasteiger partial charge in [0.2, 0.25) is 0 Å². The van der Waals surface area contributed by atoms with Crippen LogP contribution in [-0.2, 0) is 0 Å². The summed E-state index contributed by atoms with van der Waals surface area (Å²) in [4.78, 5) is 4.09. The van der Waals surface area contributed by atoms with Gasteiger partial charge in [0.1, 0.15) is 5.84 Å². The van der Waals surface area contributed by atoms with Crippen molar-refractivity contribution in [2.45, 2.75) is 0 Å². The molecule has 0 atom stereocenters. The lowest BCUT2D eigenvalue weighted by Crippen LogP contribution is -2.34. The van der Waals surface area contributed by atoms with Gasteiger partial charge in [-0.05, 0) is 0 Å². The summed E-state index contributed by atoms with van der Waals surface area (Å²) in [5.41, 5.74) is 2.52. The van der Waals surface area contributed by atoms with E-state index < -0.39 is 0 Å². The smallest absolute Gasteiger partial charge is 0.112 e. The first kappa shape index (κ1) is 5.53. The third kappa shape index (κ3) is 1.18. The maximum Gasteiger partial charge on any atom is 0.112 e. The monoisotopic (exact) mass is 114 g/mol. The Balaban J connectivity index is 2.23. The lowest BCUT2D eigenvalue weighted by molar-refractivity contribution is 0.827. The zero-order valence-electron chi connectivity index (χ0n) is 4.65. The summed E-state index contributed by atoms with van der Waals surface area (Å²) < 4.78 is 0. The average molecular weight is 114 g/mol. The Morgan fingerprint density at radius 3 is 3.25 bits per heavy atom. The average Bonchev–Trinajstić information content (AvgIpc) is 2.19. The highest BCUT2D eigenvalue weighted by Gasteiger charge is 2.00. The van der Waals surface area contributed by atoms with Crippen LogP contribution in [0, 0.1) is 0 Å². The molecule has 0 bridgehead atoms. The van der Waals surface area contributed by atoms with Crippen molar-refractivity contribution in [2.75, 3.05) is 19.6 Å². The minimum Gasteiger partial charge on any atom is -0.371 e. The standard InChI is InChI=1S/C4H10N4/c5-8-3-4-6-1-2-7-4/h8H,1-3,5H2,(H,6,7). The molecule has 46 valence electrons. The molecule has 0 fully saturated rings. The topological polar surface area (TPSA) is 62.4 Å². The van der Waals surface area contributed by atoms with Gasteiger partial charge in [-0.25, -0.2) is 0 Å². The SMILES string of the molecule is NNCC1=NCCN1. The van der Waals surface area contributed by atoms with Crippen molar-refractivity contribution in [2.24, 2.45) is 10.8 Å². The third-order valence-corrected chi connectivity index (χ3v) is 1.01. The molecular formula is C4H10N4. The van der Waals surface area contributed by atoms with E-state index >= 15 is 0 Å². The van der Waals surface area contributed by atoms with Gasteiger partial charge in [-0.15, -0.1) is 0 Å². The molecule has 4 N–H and O–H groups in total. The van der Waals surface area contributed by atoms with E-state index in [2.05, 4.69) is 15.7 Å². The summed E-state index contributed by atoms with van der Waals surface area (Å²) in [6.07, 6.45) is 0. The van der Waals surface area contributed by atoms with Crippen LogP contribution in [0.4, 0.5) is 0 Å². The molecule has 4 nitrogen and oxygen atoms in total. The van der Waals surface area contributed by atoms with Crippen molar-refractivity contribution in [3.05, 3.63) is 0 Å². The van der Waals surface area contributed by atoms with Crippen LogP contribution in [0.5, 0.6) is 0 Å². The summed E-state index contributed by atoms with van der Waals surface area (Å²) in [6, 6.07) is 0.